The third-order valence-corrected chi connectivity index (χ3v) is 4.69. The van der Waals surface area contributed by atoms with E-state index in [1.54, 1.807) is 12.1 Å². The minimum absolute atomic E-state index is 0.000960. The van der Waals surface area contributed by atoms with E-state index in [1.165, 1.54) is 0 Å². The van der Waals surface area contributed by atoms with Gasteiger partial charge in [0.15, 0.2) is 5.78 Å². The first-order chi connectivity index (χ1) is 11.6. The molecule has 1 fully saturated rings. The van der Waals surface area contributed by atoms with Gasteiger partial charge in [0.25, 0.3) is 5.91 Å². The molecule has 1 amide bonds. The topological polar surface area (TPSA) is 46.6 Å². The molecular weight excluding hydrogens is 302 g/mol. The molecule has 0 saturated carbocycles. The molecule has 0 aromatic heterocycles. The summed E-state index contributed by atoms with van der Waals surface area (Å²) in [7, 11) is 0. The van der Waals surface area contributed by atoms with Crippen molar-refractivity contribution in [2.45, 2.75) is 26.1 Å². The average molecular weight is 321 g/mol. The van der Waals surface area contributed by atoms with Gasteiger partial charge in [0.2, 0.25) is 0 Å². The zero-order valence-corrected chi connectivity index (χ0v) is 13.8. The lowest BCUT2D eigenvalue weighted by atomic mass is 9.98. The van der Waals surface area contributed by atoms with Gasteiger partial charge in [-0.05, 0) is 25.5 Å². The van der Waals surface area contributed by atoms with Crippen LogP contribution in [0.1, 0.15) is 40.1 Å². The van der Waals surface area contributed by atoms with Gasteiger partial charge in [-0.1, -0.05) is 36.4 Å². The van der Waals surface area contributed by atoms with Gasteiger partial charge in [-0.2, -0.15) is 0 Å². The zero-order chi connectivity index (χ0) is 16.8. The number of carbonyl (C=O) groups excluding carboxylic acids is 2. The summed E-state index contributed by atoms with van der Waals surface area (Å²) in [5.74, 6) is -0.0303. The highest BCUT2D eigenvalue weighted by atomic mass is 16.5. The lowest BCUT2D eigenvalue weighted by Gasteiger charge is -2.35. The third kappa shape index (κ3) is 2.26. The van der Waals surface area contributed by atoms with Crippen molar-refractivity contribution in [3.05, 3.63) is 59.2 Å². The Bertz CT molecular complexity index is 833. The fourth-order valence-corrected chi connectivity index (χ4v) is 3.77. The van der Waals surface area contributed by atoms with Crippen LogP contribution in [0.15, 0.2) is 42.5 Å². The van der Waals surface area contributed by atoms with Gasteiger partial charge >= 0.3 is 0 Å². The summed E-state index contributed by atoms with van der Waals surface area (Å²) in [4.78, 5) is 27.6. The molecular formula is C20H19NO3. The number of benzene rings is 2. The van der Waals surface area contributed by atoms with E-state index in [9.17, 15) is 9.59 Å². The summed E-state index contributed by atoms with van der Waals surface area (Å²) in [6, 6.07) is 12.9. The fraction of sp³-hybridized carbons (Fsp3) is 0.300. The number of morpholine rings is 1. The Labute approximate surface area is 141 Å². The molecule has 1 aliphatic heterocycles. The third-order valence-electron chi connectivity index (χ3n) is 4.69. The van der Waals surface area contributed by atoms with Crippen LogP contribution in [-0.2, 0) is 4.74 Å². The van der Waals surface area contributed by atoms with Gasteiger partial charge in [0.1, 0.15) is 0 Å². The van der Waals surface area contributed by atoms with Crippen LogP contribution in [0.25, 0.3) is 11.1 Å². The fourth-order valence-electron chi connectivity index (χ4n) is 3.77. The molecule has 4 rings (SSSR count). The van der Waals surface area contributed by atoms with E-state index in [0.29, 0.717) is 29.8 Å². The van der Waals surface area contributed by atoms with E-state index in [2.05, 4.69) is 0 Å². The highest BCUT2D eigenvalue weighted by Crippen LogP contribution is 2.39. The van der Waals surface area contributed by atoms with Crippen LogP contribution < -0.4 is 0 Å². The van der Waals surface area contributed by atoms with Crippen molar-refractivity contribution in [3.63, 3.8) is 0 Å². The second-order valence-electron chi connectivity index (χ2n) is 6.57. The molecule has 24 heavy (non-hydrogen) atoms. The Balaban J connectivity index is 1.80. The lowest BCUT2D eigenvalue weighted by Crippen LogP contribution is -2.48. The summed E-state index contributed by atoms with van der Waals surface area (Å²) in [5.41, 5.74) is 3.53. The number of ether oxygens (including phenoxy) is 1. The number of hydrogen-bond donors (Lipinski definition) is 0. The smallest absolute Gasteiger partial charge is 0.254 e. The number of amides is 1. The largest absolute Gasteiger partial charge is 0.372 e. The summed E-state index contributed by atoms with van der Waals surface area (Å²) in [6.07, 6.45) is 0.0340. The van der Waals surface area contributed by atoms with Crippen LogP contribution in [0.4, 0.5) is 0 Å². The molecule has 4 nitrogen and oxygen atoms in total. The molecule has 1 aliphatic carbocycles. The molecule has 0 radical (unpaired) electrons. The Morgan fingerprint density at radius 3 is 2.29 bits per heavy atom. The van der Waals surface area contributed by atoms with Crippen molar-refractivity contribution in [3.8, 4) is 11.1 Å². The standard InChI is InChI=1S/C20H19NO3/c1-12-10-21(11-13(2)24-12)20(23)17-9-5-8-16-18(17)14-6-3-4-7-15(14)19(16)22/h3-9,12-13H,10-11H2,1-2H3/t12-,13-/m0/s1. The summed E-state index contributed by atoms with van der Waals surface area (Å²) in [6.45, 7) is 5.10. The molecule has 2 aromatic carbocycles. The number of carbonyl (C=O) groups is 2. The highest BCUT2D eigenvalue weighted by molar-refractivity contribution is 6.24. The maximum atomic E-state index is 13.1. The maximum absolute atomic E-state index is 13.1. The zero-order valence-electron chi connectivity index (χ0n) is 13.8. The van der Waals surface area contributed by atoms with Crippen molar-refractivity contribution in [2.75, 3.05) is 13.1 Å². The van der Waals surface area contributed by atoms with Gasteiger partial charge in [-0.3, -0.25) is 9.59 Å². The predicted octanol–water partition coefficient (Wildman–Crippen LogP) is 3.15. The second-order valence-corrected chi connectivity index (χ2v) is 6.57. The van der Waals surface area contributed by atoms with E-state index in [1.807, 2.05) is 49.1 Å². The number of rotatable bonds is 1. The van der Waals surface area contributed by atoms with E-state index in [4.69, 9.17) is 4.74 Å². The van der Waals surface area contributed by atoms with Crippen LogP contribution in [0, 0.1) is 0 Å². The number of hydrogen-bond acceptors (Lipinski definition) is 3. The highest BCUT2D eigenvalue weighted by Gasteiger charge is 2.33. The van der Waals surface area contributed by atoms with Gasteiger partial charge < -0.3 is 9.64 Å². The van der Waals surface area contributed by atoms with Crippen molar-refractivity contribution in [2.24, 2.45) is 0 Å². The molecule has 1 heterocycles. The lowest BCUT2D eigenvalue weighted by molar-refractivity contribution is -0.0586. The SMILES string of the molecule is C[C@H]1CN(C(=O)c2cccc3c2-c2ccccc2C3=O)C[C@H](C)O1. The quantitative estimate of drug-likeness (QED) is 0.692. The van der Waals surface area contributed by atoms with Crippen molar-refractivity contribution >= 4 is 11.7 Å². The van der Waals surface area contributed by atoms with Crippen LogP contribution in [-0.4, -0.2) is 41.9 Å². The summed E-state index contributed by atoms with van der Waals surface area (Å²) < 4.78 is 5.72. The summed E-state index contributed by atoms with van der Waals surface area (Å²) >= 11 is 0. The molecule has 122 valence electrons. The molecule has 4 heteroatoms. The predicted molar refractivity (Wildman–Crippen MR) is 91.2 cm³/mol. The van der Waals surface area contributed by atoms with Gasteiger partial charge in [0, 0.05) is 35.3 Å². The average Bonchev–Trinajstić information content (AvgIpc) is 2.87. The molecule has 1 saturated heterocycles. The Morgan fingerprint density at radius 1 is 0.958 bits per heavy atom. The van der Waals surface area contributed by atoms with Gasteiger partial charge in [-0.15, -0.1) is 0 Å². The molecule has 0 N–H and O–H groups in total. The molecule has 2 atom stereocenters. The van der Waals surface area contributed by atoms with Crippen molar-refractivity contribution in [1.29, 1.82) is 0 Å². The molecule has 0 spiro atoms. The Hall–Kier alpha value is -2.46. The summed E-state index contributed by atoms with van der Waals surface area (Å²) in [5, 5.41) is 0. The van der Waals surface area contributed by atoms with Gasteiger partial charge in [0.05, 0.1) is 12.2 Å². The van der Waals surface area contributed by atoms with Crippen molar-refractivity contribution in [1.82, 2.24) is 4.90 Å². The minimum Gasteiger partial charge on any atom is -0.372 e. The van der Waals surface area contributed by atoms with Crippen LogP contribution in [0.2, 0.25) is 0 Å². The van der Waals surface area contributed by atoms with Crippen LogP contribution in [0.5, 0.6) is 0 Å². The first kappa shape index (κ1) is 15.1. The maximum Gasteiger partial charge on any atom is 0.254 e. The van der Waals surface area contributed by atoms with Gasteiger partial charge in [-0.25, -0.2) is 0 Å². The number of fused-ring (bicyclic) bond motifs is 3. The monoisotopic (exact) mass is 321 g/mol. The van der Waals surface area contributed by atoms with E-state index >= 15 is 0 Å². The van der Waals surface area contributed by atoms with Crippen LogP contribution in [0.3, 0.4) is 0 Å². The first-order valence-corrected chi connectivity index (χ1v) is 8.28. The van der Waals surface area contributed by atoms with E-state index in [-0.39, 0.29) is 23.9 Å². The Morgan fingerprint density at radius 2 is 1.58 bits per heavy atom. The minimum atomic E-state index is -0.0293. The Kier molecular flexibility index (Phi) is 3.50. The molecule has 0 unspecified atom stereocenters. The molecule has 2 aromatic rings. The normalized spacial score (nSPS) is 22.2. The van der Waals surface area contributed by atoms with Crippen LogP contribution >= 0.6 is 0 Å². The number of nitrogens with zero attached hydrogens (tertiary/aromatic N) is 1. The first-order valence-electron chi connectivity index (χ1n) is 8.28. The van der Waals surface area contributed by atoms with E-state index < -0.39 is 0 Å². The number of ketones is 1. The molecule has 0 bridgehead atoms. The molecule has 2 aliphatic rings. The second kappa shape index (κ2) is 5.56. The van der Waals surface area contributed by atoms with Crippen molar-refractivity contribution < 1.29 is 14.3 Å². The van der Waals surface area contributed by atoms with E-state index in [0.717, 1.165) is 11.1 Å².